The van der Waals surface area contributed by atoms with Gasteiger partial charge in [0.15, 0.2) is 5.65 Å². The summed E-state index contributed by atoms with van der Waals surface area (Å²) in [6.45, 7) is 10.4. The third kappa shape index (κ3) is 4.04. The Balaban J connectivity index is 1.82. The Bertz CT molecular complexity index is 1260. The number of phenolic OH excluding ortho intramolecular Hbond substituents is 1. The average Bonchev–Trinajstić information content (AvgIpc) is 3.10. The van der Waals surface area contributed by atoms with Crippen molar-refractivity contribution in [3.05, 3.63) is 41.2 Å². The highest BCUT2D eigenvalue weighted by Gasteiger charge is 2.17. The van der Waals surface area contributed by atoms with Crippen LogP contribution in [0.2, 0.25) is 5.02 Å². The Morgan fingerprint density at radius 1 is 1.23 bits per heavy atom. The maximum Gasteiger partial charge on any atom is 0.161 e. The number of phenols is 1. The van der Waals surface area contributed by atoms with Gasteiger partial charge in [0.05, 0.1) is 28.1 Å². The molecule has 0 saturated heterocycles. The molecule has 0 amide bonds. The summed E-state index contributed by atoms with van der Waals surface area (Å²) in [4.78, 5) is 11.7. The number of nitrogens with zero attached hydrogens (tertiary/aromatic N) is 5. The lowest BCUT2D eigenvalue weighted by molar-refractivity contribution is 0.474. The van der Waals surface area contributed by atoms with Crippen LogP contribution in [0, 0.1) is 12.8 Å². The summed E-state index contributed by atoms with van der Waals surface area (Å²) in [5.74, 6) is 0.712. The standard InChI is InChI=1S/C24H28ClN5O/c1-6-7-30(12-14(2)3)17-9-18-20(25)10-21(27-24(18)26-11-17)19-8-16-13-29(5)28-22(16)15(4)23(19)31/h8-11,13-14,31H,6-7,12H2,1-5H3. The zero-order chi connectivity index (χ0) is 22.3. The van der Waals surface area contributed by atoms with Crippen molar-refractivity contribution in [1.29, 1.82) is 0 Å². The molecular weight excluding hydrogens is 410 g/mol. The predicted molar refractivity (Wildman–Crippen MR) is 128 cm³/mol. The first kappa shape index (κ1) is 21.4. The van der Waals surface area contributed by atoms with Gasteiger partial charge in [-0.05, 0) is 37.5 Å². The number of hydrogen-bond donors (Lipinski definition) is 1. The molecule has 0 aliphatic rings. The molecule has 7 heteroatoms. The predicted octanol–water partition coefficient (Wildman–Crippen LogP) is 5.72. The molecule has 0 saturated carbocycles. The number of anilines is 1. The summed E-state index contributed by atoms with van der Waals surface area (Å²) < 4.78 is 1.74. The van der Waals surface area contributed by atoms with Crippen molar-refractivity contribution in [2.45, 2.75) is 34.1 Å². The van der Waals surface area contributed by atoms with E-state index in [1.165, 1.54) is 0 Å². The van der Waals surface area contributed by atoms with E-state index in [1.54, 1.807) is 10.7 Å². The van der Waals surface area contributed by atoms with Gasteiger partial charge < -0.3 is 10.0 Å². The normalized spacial score (nSPS) is 11.7. The summed E-state index contributed by atoms with van der Waals surface area (Å²) in [6.07, 6.45) is 4.85. The minimum absolute atomic E-state index is 0.164. The van der Waals surface area contributed by atoms with E-state index < -0.39 is 0 Å². The molecule has 1 aromatic carbocycles. The van der Waals surface area contributed by atoms with E-state index in [-0.39, 0.29) is 5.75 Å². The van der Waals surface area contributed by atoms with Crippen LogP contribution in [0.1, 0.15) is 32.8 Å². The molecule has 31 heavy (non-hydrogen) atoms. The number of aryl methyl sites for hydroxylation is 2. The van der Waals surface area contributed by atoms with E-state index in [0.717, 1.165) is 47.1 Å². The maximum atomic E-state index is 10.8. The van der Waals surface area contributed by atoms with Gasteiger partial charge in [0.1, 0.15) is 5.75 Å². The van der Waals surface area contributed by atoms with Crippen LogP contribution in [-0.4, -0.2) is 37.9 Å². The van der Waals surface area contributed by atoms with Crippen LogP contribution in [0.4, 0.5) is 5.69 Å². The Labute approximate surface area is 187 Å². The average molecular weight is 438 g/mol. The molecule has 1 N–H and O–H groups in total. The van der Waals surface area contributed by atoms with Crippen molar-refractivity contribution in [1.82, 2.24) is 19.7 Å². The number of aromatic nitrogens is 4. The molecular formula is C24H28ClN5O. The van der Waals surface area contributed by atoms with Crippen LogP contribution in [0.5, 0.6) is 5.75 Å². The molecule has 0 bridgehead atoms. The van der Waals surface area contributed by atoms with Crippen LogP contribution >= 0.6 is 11.6 Å². The summed E-state index contributed by atoms with van der Waals surface area (Å²) in [7, 11) is 1.87. The molecule has 0 atom stereocenters. The maximum absolute atomic E-state index is 10.8. The fourth-order valence-corrected chi connectivity index (χ4v) is 4.28. The van der Waals surface area contributed by atoms with Crippen molar-refractivity contribution in [3.8, 4) is 17.0 Å². The molecule has 3 heterocycles. The molecule has 0 spiro atoms. The summed E-state index contributed by atoms with van der Waals surface area (Å²) in [5, 5.41) is 17.6. The Hall–Kier alpha value is -2.86. The number of hydrogen-bond acceptors (Lipinski definition) is 5. The summed E-state index contributed by atoms with van der Waals surface area (Å²) in [6, 6.07) is 5.77. The number of halogens is 1. The molecule has 0 aliphatic heterocycles. The van der Waals surface area contributed by atoms with Crippen molar-refractivity contribution in [2.75, 3.05) is 18.0 Å². The molecule has 6 nitrogen and oxygen atoms in total. The van der Waals surface area contributed by atoms with Gasteiger partial charge in [0, 0.05) is 48.2 Å². The monoisotopic (exact) mass is 437 g/mol. The van der Waals surface area contributed by atoms with Crippen LogP contribution in [0.3, 0.4) is 0 Å². The molecule has 4 aromatic rings. The number of pyridine rings is 2. The Kier molecular flexibility index (Phi) is 5.75. The van der Waals surface area contributed by atoms with Crippen LogP contribution in [0.25, 0.3) is 33.2 Å². The van der Waals surface area contributed by atoms with Gasteiger partial charge >= 0.3 is 0 Å². The minimum atomic E-state index is 0.164. The molecule has 0 aliphatic carbocycles. The topological polar surface area (TPSA) is 67.1 Å². The van der Waals surface area contributed by atoms with Gasteiger partial charge in [-0.2, -0.15) is 5.10 Å². The van der Waals surface area contributed by atoms with E-state index in [9.17, 15) is 5.11 Å². The molecule has 0 fully saturated rings. The first-order valence-corrected chi connectivity index (χ1v) is 11.0. The van der Waals surface area contributed by atoms with E-state index in [4.69, 9.17) is 16.6 Å². The minimum Gasteiger partial charge on any atom is -0.507 e. The van der Waals surface area contributed by atoms with Crippen molar-refractivity contribution in [2.24, 2.45) is 13.0 Å². The smallest absolute Gasteiger partial charge is 0.161 e. The zero-order valence-corrected chi connectivity index (χ0v) is 19.4. The second kappa shape index (κ2) is 8.35. The highest BCUT2D eigenvalue weighted by Crippen LogP contribution is 2.38. The third-order valence-electron chi connectivity index (χ3n) is 5.44. The van der Waals surface area contributed by atoms with Crippen LogP contribution in [0.15, 0.2) is 30.6 Å². The van der Waals surface area contributed by atoms with E-state index in [0.29, 0.717) is 27.8 Å². The second-order valence-electron chi connectivity index (χ2n) is 8.53. The van der Waals surface area contributed by atoms with Crippen molar-refractivity contribution in [3.63, 3.8) is 0 Å². The summed E-state index contributed by atoms with van der Waals surface area (Å²) >= 11 is 6.69. The van der Waals surface area contributed by atoms with Gasteiger partial charge in [0.25, 0.3) is 0 Å². The Morgan fingerprint density at radius 3 is 2.71 bits per heavy atom. The Morgan fingerprint density at radius 2 is 2.00 bits per heavy atom. The lowest BCUT2D eigenvalue weighted by Crippen LogP contribution is -2.28. The van der Waals surface area contributed by atoms with Gasteiger partial charge in [0.2, 0.25) is 0 Å². The molecule has 4 rings (SSSR count). The summed E-state index contributed by atoms with van der Waals surface area (Å²) in [5.41, 5.74) is 4.33. The number of rotatable bonds is 6. The van der Waals surface area contributed by atoms with Gasteiger partial charge in [-0.3, -0.25) is 4.68 Å². The van der Waals surface area contributed by atoms with E-state index in [2.05, 4.69) is 41.8 Å². The first-order chi connectivity index (χ1) is 14.8. The van der Waals surface area contributed by atoms with Gasteiger partial charge in [-0.25, -0.2) is 9.97 Å². The van der Waals surface area contributed by atoms with Crippen molar-refractivity contribution >= 4 is 39.2 Å². The largest absolute Gasteiger partial charge is 0.507 e. The quantitative estimate of drug-likeness (QED) is 0.417. The van der Waals surface area contributed by atoms with E-state index in [1.807, 2.05) is 32.4 Å². The highest BCUT2D eigenvalue weighted by atomic mass is 35.5. The number of aromatic hydroxyl groups is 1. The molecule has 3 aromatic heterocycles. The van der Waals surface area contributed by atoms with E-state index >= 15 is 0 Å². The van der Waals surface area contributed by atoms with Gasteiger partial charge in [-0.1, -0.05) is 32.4 Å². The lowest BCUT2D eigenvalue weighted by Gasteiger charge is -2.26. The van der Waals surface area contributed by atoms with Crippen molar-refractivity contribution < 1.29 is 5.11 Å². The molecule has 0 radical (unpaired) electrons. The number of benzene rings is 1. The number of fused-ring (bicyclic) bond motifs is 2. The highest BCUT2D eigenvalue weighted by molar-refractivity contribution is 6.35. The fraction of sp³-hybridized carbons (Fsp3) is 0.375. The first-order valence-electron chi connectivity index (χ1n) is 10.7. The third-order valence-corrected chi connectivity index (χ3v) is 5.75. The van der Waals surface area contributed by atoms with Crippen LogP contribution in [-0.2, 0) is 7.05 Å². The second-order valence-corrected chi connectivity index (χ2v) is 8.94. The molecule has 162 valence electrons. The fourth-order valence-electron chi connectivity index (χ4n) is 4.04. The zero-order valence-electron chi connectivity index (χ0n) is 18.6. The molecule has 0 unspecified atom stereocenters. The van der Waals surface area contributed by atoms with Crippen LogP contribution < -0.4 is 4.90 Å². The SMILES string of the molecule is CCCN(CC(C)C)c1cnc2nc(-c3cc4cn(C)nc4c(C)c3O)cc(Cl)c2c1. The van der Waals surface area contributed by atoms with Gasteiger partial charge in [-0.15, -0.1) is 0 Å². The lowest BCUT2D eigenvalue weighted by atomic mass is 10.0.